The van der Waals surface area contributed by atoms with E-state index >= 15 is 0 Å². The van der Waals surface area contributed by atoms with Crippen LogP contribution in [0.5, 0.6) is 0 Å². The maximum atomic E-state index is 10.3. The average Bonchev–Trinajstić information content (AvgIpc) is 2.25. The Balaban J connectivity index is 2.88. The lowest BCUT2D eigenvalue weighted by Gasteiger charge is -2.22. The number of rotatable bonds is 5. The van der Waals surface area contributed by atoms with Gasteiger partial charge < -0.3 is 5.11 Å². The molecule has 17 heavy (non-hydrogen) atoms. The molecule has 1 rings (SSSR count). The highest BCUT2D eigenvalue weighted by molar-refractivity contribution is 5.37. The van der Waals surface area contributed by atoms with Crippen LogP contribution in [-0.2, 0) is 6.42 Å². The molecule has 1 atom stereocenters. The molecule has 0 aliphatic carbocycles. The van der Waals surface area contributed by atoms with Gasteiger partial charge in [0.1, 0.15) is 0 Å². The minimum Gasteiger partial charge on any atom is -0.392 e. The predicted octanol–water partition coefficient (Wildman–Crippen LogP) is 3.95. The average molecular weight is 234 g/mol. The van der Waals surface area contributed by atoms with E-state index in [1.165, 1.54) is 22.3 Å². The van der Waals surface area contributed by atoms with Crippen LogP contribution in [0.2, 0.25) is 0 Å². The molecule has 0 amide bonds. The standard InChI is InChI=1S/C16H26O/c1-6-14(7-2)16(17)10-15-12(4)8-11(3)9-13(15)5/h8-9,14,16-17H,6-7,10H2,1-5H3. The lowest BCUT2D eigenvalue weighted by atomic mass is 9.88. The molecule has 0 saturated carbocycles. The van der Waals surface area contributed by atoms with Crippen LogP contribution in [0.25, 0.3) is 0 Å². The number of hydrogen-bond donors (Lipinski definition) is 1. The summed E-state index contributed by atoms with van der Waals surface area (Å²) in [6.45, 7) is 10.7. The highest BCUT2D eigenvalue weighted by Gasteiger charge is 2.17. The van der Waals surface area contributed by atoms with Crippen LogP contribution in [-0.4, -0.2) is 11.2 Å². The zero-order valence-electron chi connectivity index (χ0n) is 11.9. The fraction of sp³-hybridized carbons (Fsp3) is 0.625. The van der Waals surface area contributed by atoms with E-state index in [2.05, 4.69) is 46.8 Å². The number of aryl methyl sites for hydroxylation is 3. The van der Waals surface area contributed by atoms with Gasteiger partial charge >= 0.3 is 0 Å². The Hall–Kier alpha value is -0.820. The quantitative estimate of drug-likeness (QED) is 0.818. The van der Waals surface area contributed by atoms with Gasteiger partial charge in [0.25, 0.3) is 0 Å². The molecule has 0 aliphatic rings. The zero-order valence-corrected chi connectivity index (χ0v) is 11.9. The van der Waals surface area contributed by atoms with Crippen molar-refractivity contribution in [1.29, 1.82) is 0 Å². The second-order valence-electron chi connectivity index (χ2n) is 5.23. The predicted molar refractivity (Wildman–Crippen MR) is 74.4 cm³/mol. The first-order chi connectivity index (χ1) is 7.99. The van der Waals surface area contributed by atoms with Crippen LogP contribution < -0.4 is 0 Å². The minimum atomic E-state index is -0.204. The van der Waals surface area contributed by atoms with Crippen LogP contribution >= 0.6 is 0 Å². The summed E-state index contributed by atoms with van der Waals surface area (Å²) < 4.78 is 0. The molecule has 1 heteroatoms. The topological polar surface area (TPSA) is 20.2 Å². The van der Waals surface area contributed by atoms with Crippen molar-refractivity contribution in [3.8, 4) is 0 Å². The van der Waals surface area contributed by atoms with Gasteiger partial charge in [0.2, 0.25) is 0 Å². The lowest BCUT2D eigenvalue weighted by molar-refractivity contribution is 0.103. The Kier molecular flexibility index (Phi) is 5.20. The summed E-state index contributed by atoms with van der Waals surface area (Å²) in [4.78, 5) is 0. The smallest absolute Gasteiger partial charge is 0.0608 e. The van der Waals surface area contributed by atoms with E-state index in [4.69, 9.17) is 0 Å². The third-order valence-corrected chi connectivity index (χ3v) is 3.85. The van der Waals surface area contributed by atoms with E-state index in [-0.39, 0.29) is 6.10 Å². The summed E-state index contributed by atoms with van der Waals surface area (Å²) in [5.74, 6) is 0.426. The molecule has 0 heterocycles. The summed E-state index contributed by atoms with van der Waals surface area (Å²) >= 11 is 0. The first-order valence-electron chi connectivity index (χ1n) is 6.74. The third-order valence-electron chi connectivity index (χ3n) is 3.85. The molecule has 96 valence electrons. The SMILES string of the molecule is CCC(CC)C(O)Cc1c(C)cc(C)cc1C. The third kappa shape index (κ3) is 3.57. The van der Waals surface area contributed by atoms with Crippen molar-refractivity contribution in [1.82, 2.24) is 0 Å². The molecular formula is C16H26O. The number of aliphatic hydroxyl groups excluding tert-OH is 1. The van der Waals surface area contributed by atoms with Crippen molar-refractivity contribution < 1.29 is 5.11 Å². The monoisotopic (exact) mass is 234 g/mol. The van der Waals surface area contributed by atoms with Gasteiger partial charge in [-0.25, -0.2) is 0 Å². The Morgan fingerprint density at radius 2 is 1.47 bits per heavy atom. The van der Waals surface area contributed by atoms with Crippen molar-refractivity contribution in [2.24, 2.45) is 5.92 Å². The largest absolute Gasteiger partial charge is 0.392 e. The van der Waals surface area contributed by atoms with Gasteiger partial charge in [-0.05, 0) is 49.8 Å². The molecule has 0 saturated heterocycles. The molecule has 1 nitrogen and oxygen atoms in total. The van der Waals surface area contributed by atoms with Crippen molar-refractivity contribution in [3.05, 3.63) is 34.4 Å². The first kappa shape index (κ1) is 14.2. The van der Waals surface area contributed by atoms with Gasteiger partial charge in [-0.3, -0.25) is 0 Å². The lowest BCUT2D eigenvalue weighted by Crippen LogP contribution is -2.22. The Labute approximate surface area is 106 Å². The van der Waals surface area contributed by atoms with Crippen LogP contribution in [0, 0.1) is 26.7 Å². The summed E-state index contributed by atoms with van der Waals surface area (Å²) in [7, 11) is 0. The van der Waals surface area contributed by atoms with Crippen molar-refractivity contribution in [2.45, 2.75) is 60.0 Å². The molecule has 0 radical (unpaired) electrons. The number of hydrogen-bond acceptors (Lipinski definition) is 1. The first-order valence-corrected chi connectivity index (χ1v) is 6.74. The number of aliphatic hydroxyl groups is 1. The number of benzene rings is 1. The second kappa shape index (κ2) is 6.20. The van der Waals surface area contributed by atoms with Crippen LogP contribution in [0.1, 0.15) is 48.9 Å². The van der Waals surface area contributed by atoms with Gasteiger partial charge in [0.15, 0.2) is 0 Å². The Bertz CT molecular complexity index is 341. The van der Waals surface area contributed by atoms with E-state index in [1.807, 2.05) is 0 Å². The summed E-state index contributed by atoms with van der Waals surface area (Å²) in [6.07, 6.45) is 2.71. The molecule has 1 aromatic rings. The molecule has 0 fully saturated rings. The van der Waals surface area contributed by atoms with Gasteiger partial charge in [-0.15, -0.1) is 0 Å². The van der Waals surface area contributed by atoms with Crippen LogP contribution in [0.15, 0.2) is 12.1 Å². The molecular weight excluding hydrogens is 208 g/mol. The fourth-order valence-corrected chi connectivity index (χ4v) is 2.74. The maximum absolute atomic E-state index is 10.3. The summed E-state index contributed by atoms with van der Waals surface area (Å²) in [6, 6.07) is 4.42. The maximum Gasteiger partial charge on any atom is 0.0608 e. The van der Waals surface area contributed by atoms with Crippen LogP contribution in [0.3, 0.4) is 0 Å². The van der Waals surface area contributed by atoms with Crippen LogP contribution in [0.4, 0.5) is 0 Å². The fourth-order valence-electron chi connectivity index (χ4n) is 2.74. The van der Waals surface area contributed by atoms with E-state index in [1.54, 1.807) is 0 Å². The highest BCUT2D eigenvalue weighted by atomic mass is 16.3. The Morgan fingerprint density at radius 1 is 1.00 bits per heavy atom. The molecule has 1 aromatic carbocycles. The van der Waals surface area contributed by atoms with E-state index in [9.17, 15) is 5.11 Å². The summed E-state index contributed by atoms with van der Waals surface area (Å²) in [5, 5.41) is 10.3. The van der Waals surface area contributed by atoms with E-state index in [0.717, 1.165) is 19.3 Å². The van der Waals surface area contributed by atoms with E-state index < -0.39 is 0 Å². The zero-order chi connectivity index (χ0) is 13.0. The Morgan fingerprint density at radius 3 is 1.88 bits per heavy atom. The normalized spacial score (nSPS) is 13.1. The molecule has 0 aromatic heterocycles. The molecule has 1 N–H and O–H groups in total. The molecule has 0 spiro atoms. The van der Waals surface area contributed by atoms with Crippen molar-refractivity contribution in [3.63, 3.8) is 0 Å². The van der Waals surface area contributed by atoms with Gasteiger partial charge in [0, 0.05) is 0 Å². The molecule has 0 bridgehead atoms. The summed E-state index contributed by atoms with van der Waals surface area (Å²) in [5.41, 5.74) is 5.26. The molecule has 1 unspecified atom stereocenters. The minimum absolute atomic E-state index is 0.204. The van der Waals surface area contributed by atoms with Crippen molar-refractivity contribution in [2.75, 3.05) is 0 Å². The van der Waals surface area contributed by atoms with Gasteiger partial charge in [0.05, 0.1) is 6.10 Å². The highest BCUT2D eigenvalue weighted by Crippen LogP contribution is 2.22. The van der Waals surface area contributed by atoms with Gasteiger partial charge in [-0.2, -0.15) is 0 Å². The molecule has 0 aliphatic heterocycles. The van der Waals surface area contributed by atoms with Gasteiger partial charge in [-0.1, -0.05) is 44.4 Å². The van der Waals surface area contributed by atoms with E-state index in [0.29, 0.717) is 5.92 Å². The van der Waals surface area contributed by atoms with Crippen molar-refractivity contribution >= 4 is 0 Å². The second-order valence-corrected chi connectivity index (χ2v) is 5.23.